The van der Waals surface area contributed by atoms with Gasteiger partial charge in [0.25, 0.3) is 0 Å². The monoisotopic (exact) mass is 341 g/mol. The highest BCUT2D eigenvalue weighted by molar-refractivity contribution is 7.11. The summed E-state index contributed by atoms with van der Waals surface area (Å²) in [5.74, 6) is -0.0317. The summed E-state index contributed by atoms with van der Waals surface area (Å²) in [6.07, 6.45) is 2.86. The van der Waals surface area contributed by atoms with Gasteiger partial charge in [-0.25, -0.2) is 4.98 Å². The van der Waals surface area contributed by atoms with Gasteiger partial charge in [-0.3, -0.25) is 4.79 Å². The molecule has 0 unspecified atom stereocenters. The van der Waals surface area contributed by atoms with Crippen LogP contribution in [0.25, 0.3) is 0 Å². The minimum Gasteiger partial charge on any atom is -0.338 e. The van der Waals surface area contributed by atoms with E-state index in [2.05, 4.69) is 11.9 Å². The fourth-order valence-electron chi connectivity index (χ4n) is 1.47. The Balaban J connectivity index is 0. The van der Waals surface area contributed by atoms with E-state index in [0.717, 1.165) is 11.4 Å². The Labute approximate surface area is 138 Å². The number of hydrogen-bond acceptors (Lipinski definition) is 4. The van der Waals surface area contributed by atoms with Crippen LogP contribution >= 0.6 is 36.2 Å². The van der Waals surface area contributed by atoms with E-state index < -0.39 is 6.04 Å². The number of nitrogens with zero attached hydrogens (tertiary/aromatic N) is 2. The van der Waals surface area contributed by atoms with Crippen LogP contribution in [0.3, 0.4) is 0 Å². The molecule has 0 radical (unpaired) electrons. The Hall–Kier alpha value is -0.360. The number of carbonyl (C=O) groups is 1. The average molecular weight is 342 g/mol. The number of aryl methyl sites for hydroxylation is 1. The van der Waals surface area contributed by atoms with Crippen LogP contribution in [0.1, 0.15) is 37.6 Å². The number of hydrogen-bond donors (Lipinski definition) is 1. The molecule has 0 aliphatic heterocycles. The first kappa shape index (κ1) is 21.9. The maximum atomic E-state index is 12.1. The number of thiazole rings is 1. The molecule has 0 aliphatic carbocycles. The molecule has 7 heteroatoms. The summed E-state index contributed by atoms with van der Waals surface area (Å²) in [5, 5.41) is 0.962. The summed E-state index contributed by atoms with van der Waals surface area (Å²) in [6.45, 7) is 8.56. The van der Waals surface area contributed by atoms with E-state index in [4.69, 9.17) is 5.73 Å². The number of likely N-dealkylation sites (N-methyl/N-ethyl adjacent to an activating group) is 1. The van der Waals surface area contributed by atoms with Crippen molar-refractivity contribution < 1.29 is 4.79 Å². The molecule has 0 fully saturated rings. The highest BCUT2D eigenvalue weighted by Crippen LogP contribution is 2.20. The quantitative estimate of drug-likeness (QED) is 0.915. The minimum absolute atomic E-state index is 0. The smallest absolute Gasteiger partial charge is 0.240 e. The van der Waals surface area contributed by atoms with Crippen molar-refractivity contribution in [3.63, 3.8) is 0 Å². The number of amides is 1. The average Bonchev–Trinajstić information content (AvgIpc) is 2.73. The molecule has 0 saturated carbocycles. The Morgan fingerprint density at radius 2 is 2.00 bits per heavy atom. The third-order valence-electron chi connectivity index (χ3n) is 2.90. The van der Waals surface area contributed by atoms with Gasteiger partial charge in [0.05, 0.1) is 12.6 Å². The third-order valence-corrected chi connectivity index (χ3v) is 4.02. The first-order chi connectivity index (χ1) is 8.25. The standard InChI is InChI=1S/C13H23N3OS.2ClH/c1-6-9-7-15-10(18-9)8-16(5)12(17)11(14)13(2,3)4;;/h7,11H,6,8,14H2,1-5H3;2*1H/t11-;;/m1../s1. The lowest BCUT2D eigenvalue weighted by Gasteiger charge is -2.29. The van der Waals surface area contributed by atoms with E-state index in [-0.39, 0.29) is 36.1 Å². The highest BCUT2D eigenvalue weighted by Gasteiger charge is 2.29. The minimum atomic E-state index is -0.479. The topological polar surface area (TPSA) is 59.2 Å². The van der Waals surface area contributed by atoms with Gasteiger partial charge in [-0.1, -0.05) is 27.7 Å². The van der Waals surface area contributed by atoms with E-state index in [1.54, 1.807) is 23.3 Å². The van der Waals surface area contributed by atoms with E-state index in [1.165, 1.54) is 4.88 Å². The van der Waals surface area contributed by atoms with Crippen LogP contribution in [0.2, 0.25) is 0 Å². The van der Waals surface area contributed by atoms with E-state index >= 15 is 0 Å². The lowest BCUT2D eigenvalue weighted by atomic mass is 9.86. The van der Waals surface area contributed by atoms with Gasteiger partial charge in [0.1, 0.15) is 5.01 Å². The molecule has 0 spiro atoms. The van der Waals surface area contributed by atoms with Gasteiger partial charge in [0.2, 0.25) is 5.91 Å². The molecule has 1 atom stereocenters. The molecule has 1 heterocycles. The fraction of sp³-hybridized carbons (Fsp3) is 0.692. The highest BCUT2D eigenvalue weighted by atomic mass is 35.5. The van der Waals surface area contributed by atoms with Gasteiger partial charge >= 0.3 is 0 Å². The second kappa shape index (κ2) is 8.82. The fourth-order valence-corrected chi connectivity index (χ4v) is 2.39. The molecule has 1 aromatic rings. The molecule has 20 heavy (non-hydrogen) atoms. The molecule has 118 valence electrons. The van der Waals surface area contributed by atoms with Crippen molar-refractivity contribution in [2.24, 2.45) is 11.1 Å². The summed E-state index contributed by atoms with van der Waals surface area (Å²) >= 11 is 1.65. The van der Waals surface area contributed by atoms with E-state index in [9.17, 15) is 4.79 Å². The van der Waals surface area contributed by atoms with Gasteiger partial charge in [-0.2, -0.15) is 0 Å². The molecule has 2 N–H and O–H groups in total. The molecule has 1 rings (SSSR count). The molecule has 0 saturated heterocycles. The van der Waals surface area contributed by atoms with E-state index in [1.807, 2.05) is 27.0 Å². The predicted molar refractivity (Wildman–Crippen MR) is 89.9 cm³/mol. The molecule has 1 aromatic heterocycles. The lowest BCUT2D eigenvalue weighted by Crippen LogP contribution is -2.48. The Bertz CT molecular complexity index is 418. The van der Waals surface area contributed by atoms with Crippen molar-refractivity contribution >= 4 is 42.1 Å². The molecular weight excluding hydrogens is 317 g/mol. The van der Waals surface area contributed by atoms with Crippen molar-refractivity contribution in [1.29, 1.82) is 0 Å². The number of nitrogens with two attached hydrogens (primary N) is 1. The predicted octanol–water partition coefficient (Wildman–Crippen LogP) is 2.88. The molecule has 1 amide bonds. The van der Waals surface area contributed by atoms with Gasteiger partial charge in [0.15, 0.2) is 0 Å². The second-order valence-electron chi connectivity index (χ2n) is 5.61. The van der Waals surface area contributed by atoms with Crippen molar-refractivity contribution in [1.82, 2.24) is 9.88 Å². The van der Waals surface area contributed by atoms with Gasteiger partial charge in [0, 0.05) is 18.1 Å². The normalized spacial score (nSPS) is 12.1. The van der Waals surface area contributed by atoms with Crippen LogP contribution in [-0.2, 0) is 17.8 Å². The van der Waals surface area contributed by atoms with Gasteiger partial charge < -0.3 is 10.6 Å². The molecule has 0 aromatic carbocycles. The van der Waals surface area contributed by atoms with Crippen molar-refractivity contribution in [2.75, 3.05) is 7.05 Å². The maximum Gasteiger partial charge on any atom is 0.240 e. The Morgan fingerprint density at radius 1 is 1.45 bits per heavy atom. The SMILES string of the molecule is CCc1cnc(CN(C)C(=O)[C@@H](N)C(C)(C)C)s1.Cl.Cl. The lowest BCUT2D eigenvalue weighted by molar-refractivity contribution is -0.134. The zero-order chi connectivity index (χ0) is 13.9. The Kier molecular flexibility index (Phi) is 9.67. The van der Waals surface area contributed by atoms with Gasteiger partial charge in [-0.15, -0.1) is 36.2 Å². The number of aromatic nitrogens is 1. The molecule has 4 nitrogen and oxygen atoms in total. The largest absolute Gasteiger partial charge is 0.338 e. The zero-order valence-corrected chi connectivity index (χ0v) is 15.1. The zero-order valence-electron chi connectivity index (χ0n) is 12.7. The van der Waals surface area contributed by atoms with Crippen LogP contribution in [0, 0.1) is 5.41 Å². The van der Waals surface area contributed by atoms with Crippen molar-refractivity contribution in [3.05, 3.63) is 16.1 Å². The van der Waals surface area contributed by atoms with Crippen molar-refractivity contribution in [3.8, 4) is 0 Å². The molecular formula is C13H25Cl2N3OS. The number of rotatable bonds is 4. The van der Waals surface area contributed by atoms with Crippen LogP contribution < -0.4 is 5.73 Å². The second-order valence-corrected chi connectivity index (χ2v) is 6.81. The summed E-state index contributed by atoms with van der Waals surface area (Å²) in [4.78, 5) is 19.4. The summed E-state index contributed by atoms with van der Waals surface area (Å²) in [6, 6.07) is -0.479. The maximum absolute atomic E-state index is 12.1. The van der Waals surface area contributed by atoms with Gasteiger partial charge in [-0.05, 0) is 11.8 Å². The van der Waals surface area contributed by atoms with Crippen LogP contribution in [-0.4, -0.2) is 28.9 Å². The Morgan fingerprint density at radius 3 is 2.40 bits per heavy atom. The summed E-state index contributed by atoms with van der Waals surface area (Å²) < 4.78 is 0. The molecule has 0 bridgehead atoms. The van der Waals surface area contributed by atoms with Crippen LogP contribution in [0.4, 0.5) is 0 Å². The van der Waals surface area contributed by atoms with Crippen LogP contribution in [0.15, 0.2) is 6.20 Å². The number of halogens is 2. The summed E-state index contributed by atoms with van der Waals surface area (Å²) in [5.41, 5.74) is 5.75. The first-order valence-corrected chi connectivity index (χ1v) is 7.01. The first-order valence-electron chi connectivity index (χ1n) is 6.19. The van der Waals surface area contributed by atoms with E-state index in [0.29, 0.717) is 6.54 Å². The van der Waals surface area contributed by atoms with Crippen LogP contribution in [0.5, 0.6) is 0 Å². The number of carbonyl (C=O) groups excluding carboxylic acids is 1. The summed E-state index contributed by atoms with van der Waals surface area (Å²) in [7, 11) is 1.78. The third kappa shape index (κ3) is 5.95. The van der Waals surface area contributed by atoms with Crippen molar-refractivity contribution in [2.45, 2.75) is 46.7 Å². The molecule has 0 aliphatic rings.